The summed E-state index contributed by atoms with van der Waals surface area (Å²) in [5, 5.41) is 3.32. The Morgan fingerprint density at radius 1 is 1.44 bits per heavy atom. The van der Waals surface area contributed by atoms with Crippen LogP contribution in [0.2, 0.25) is 0 Å². The van der Waals surface area contributed by atoms with Crippen LogP contribution in [-0.2, 0) is 17.8 Å². The van der Waals surface area contributed by atoms with E-state index in [9.17, 15) is 0 Å². The summed E-state index contributed by atoms with van der Waals surface area (Å²) in [6, 6.07) is 6.65. The highest BCUT2D eigenvalue weighted by atomic mass is 16.5. The highest BCUT2D eigenvalue weighted by molar-refractivity contribution is 5.30. The van der Waals surface area contributed by atoms with E-state index >= 15 is 0 Å². The Hall–Kier alpha value is -0.860. The standard InChI is InChI=1S/C14H21NO/c1-3-13-8-12(5-4-11(13)2)10-16-14-6-7-15-9-14/h4-5,8,14-15H,3,6-7,9-10H2,1-2H3/t14-/m0/s1. The van der Waals surface area contributed by atoms with Gasteiger partial charge in [0.05, 0.1) is 12.7 Å². The molecule has 2 rings (SSSR count). The van der Waals surface area contributed by atoms with Gasteiger partial charge in [0, 0.05) is 6.54 Å². The van der Waals surface area contributed by atoms with Crippen molar-refractivity contribution in [3.05, 3.63) is 34.9 Å². The highest BCUT2D eigenvalue weighted by Gasteiger charge is 2.14. The molecular formula is C14H21NO. The molecule has 0 amide bonds. The first-order valence-electron chi connectivity index (χ1n) is 6.20. The minimum absolute atomic E-state index is 0.409. The van der Waals surface area contributed by atoms with Crippen molar-refractivity contribution in [3.8, 4) is 0 Å². The summed E-state index contributed by atoms with van der Waals surface area (Å²) in [6.07, 6.45) is 2.66. The molecule has 0 bridgehead atoms. The van der Waals surface area contributed by atoms with E-state index in [-0.39, 0.29) is 0 Å². The van der Waals surface area contributed by atoms with Gasteiger partial charge >= 0.3 is 0 Å². The lowest BCUT2D eigenvalue weighted by Gasteiger charge is -2.12. The van der Waals surface area contributed by atoms with Crippen molar-refractivity contribution in [2.24, 2.45) is 0 Å². The maximum absolute atomic E-state index is 5.87. The van der Waals surface area contributed by atoms with Crippen LogP contribution in [-0.4, -0.2) is 19.2 Å². The number of aryl methyl sites for hydroxylation is 2. The van der Waals surface area contributed by atoms with E-state index in [0.29, 0.717) is 6.10 Å². The van der Waals surface area contributed by atoms with Gasteiger partial charge in [-0.25, -0.2) is 0 Å². The zero-order chi connectivity index (χ0) is 11.4. The fourth-order valence-corrected chi connectivity index (χ4v) is 2.18. The van der Waals surface area contributed by atoms with E-state index in [2.05, 4.69) is 37.4 Å². The van der Waals surface area contributed by atoms with Crippen LogP contribution in [0.1, 0.15) is 30.0 Å². The molecule has 88 valence electrons. The summed E-state index contributed by atoms with van der Waals surface area (Å²) in [6.45, 7) is 7.23. The number of nitrogens with one attached hydrogen (secondary N) is 1. The molecule has 1 saturated heterocycles. The lowest BCUT2D eigenvalue weighted by molar-refractivity contribution is 0.0542. The monoisotopic (exact) mass is 219 g/mol. The predicted octanol–water partition coefficient (Wildman–Crippen LogP) is 2.44. The van der Waals surface area contributed by atoms with Crippen LogP contribution < -0.4 is 5.32 Å². The molecule has 1 aromatic rings. The smallest absolute Gasteiger partial charge is 0.0721 e. The van der Waals surface area contributed by atoms with E-state index in [1.807, 2.05) is 0 Å². The molecule has 0 radical (unpaired) electrons. The molecule has 1 fully saturated rings. The molecule has 1 aliphatic rings. The normalized spacial score (nSPS) is 20.2. The third kappa shape index (κ3) is 2.83. The van der Waals surface area contributed by atoms with E-state index < -0.39 is 0 Å². The van der Waals surface area contributed by atoms with E-state index in [1.54, 1.807) is 0 Å². The van der Waals surface area contributed by atoms with Gasteiger partial charge in [0.1, 0.15) is 0 Å². The number of rotatable bonds is 4. The van der Waals surface area contributed by atoms with Gasteiger partial charge in [-0.3, -0.25) is 0 Å². The fraction of sp³-hybridized carbons (Fsp3) is 0.571. The Bertz CT molecular complexity index is 343. The van der Waals surface area contributed by atoms with Crippen LogP contribution in [0.4, 0.5) is 0 Å². The summed E-state index contributed by atoms with van der Waals surface area (Å²) in [4.78, 5) is 0. The largest absolute Gasteiger partial charge is 0.372 e. The average Bonchev–Trinajstić information content (AvgIpc) is 2.81. The summed E-state index contributed by atoms with van der Waals surface area (Å²) >= 11 is 0. The minimum Gasteiger partial charge on any atom is -0.372 e. The number of ether oxygens (including phenoxy) is 1. The van der Waals surface area contributed by atoms with Gasteiger partial charge in [0.25, 0.3) is 0 Å². The van der Waals surface area contributed by atoms with Gasteiger partial charge < -0.3 is 10.1 Å². The van der Waals surface area contributed by atoms with Gasteiger partial charge in [-0.2, -0.15) is 0 Å². The second-order valence-corrected chi connectivity index (χ2v) is 4.54. The number of hydrogen-bond donors (Lipinski definition) is 1. The first-order valence-corrected chi connectivity index (χ1v) is 6.20. The summed E-state index contributed by atoms with van der Waals surface area (Å²) in [7, 11) is 0. The van der Waals surface area contributed by atoms with Crippen molar-refractivity contribution in [1.82, 2.24) is 5.32 Å². The Morgan fingerprint density at radius 3 is 3.00 bits per heavy atom. The number of hydrogen-bond acceptors (Lipinski definition) is 2. The molecule has 1 aliphatic heterocycles. The van der Waals surface area contributed by atoms with Crippen molar-refractivity contribution < 1.29 is 4.74 Å². The van der Waals surface area contributed by atoms with Gasteiger partial charge in [-0.05, 0) is 43.0 Å². The summed E-state index contributed by atoms with van der Waals surface area (Å²) in [5.74, 6) is 0. The van der Waals surface area contributed by atoms with Crippen molar-refractivity contribution in [2.75, 3.05) is 13.1 Å². The average molecular weight is 219 g/mol. The van der Waals surface area contributed by atoms with E-state index in [4.69, 9.17) is 4.74 Å². The van der Waals surface area contributed by atoms with Crippen LogP contribution in [0.3, 0.4) is 0 Å². The molecule has 2 nitrogen and oxygen atoms in total. The zero-order valence-corrected chi connectivity index (χ0v) is 10.3. The highest BCUT2D eigenvalue weighted by Crippen LogP contribution is 2.14. The first kappa shape index (κ1) is 11.6. The van der Waals surface area contributed by atoms with Crippen LogP contribution in [0.15, 0.2) is 18.2 Å². The van der Waals surface area contributed by atoms with E-state index in [0.717, 1.165) is 32.5 Å². The summed E-state index contributed by atoms with van der Waals surface area (Å²) < 4.78 is 5.87. The lowest BCUT2D eigenvalue weighted by atomic mass is 10.0. The quantitative estimate of drug-likeness (QED) is 0.840. The third-order valence-corrected chi connectivity index (χ3v) is 3.30. The predicted molar refractivity (Wildman–Crippen MR) is 66.6 cm³/mol. The van der Waals surface area contributed by atoms with Crippen LogP contribution in [0.5, 0.6) is 0 Å². The first-order chi connectivity index (χ1) is 7.79. The zero-order valence-electron chi connectivity index (χ0n) is 10.3. The van der Waals surface area contributed by atoms with Crippen molar-refractivity contribution >= 4 is 0 Å². The molecule has 1 aromatic carbocycles. The SMILES string of the molecule is CCc1cc(CO[C@H]2CCNC2)ccc1C. The Kier molecular flexibility index (Phi) is 3.97. The third-order valence-electron chi connectivity index (χ3n) is 3.30. The molecule has 0 aliphatic carbocycles. The molecule has 2 heteroatoms. The van der Waals surface area contributed by atoms with Crippen molar-refractivity contribution in [3.63, 3.8) is 0 Å². The Morgan fingerprint density at radius 2 is 2.31 bits per heavy atom. The molecule has 16 heavy (non-hydrogen) atoms. The second-order valence-electron chi connectivity index (χ2n) is 4.54. The van der Waals surface area contributed by atoms with Gasteiger partial charge in [0.2, 0.25) is 0 Å². The lowest BCUT2D eigenvalue weighted by Crippen LogP contribution is -2.16. The van der Waals surface area contributed by atoms with Gasteiger partial charge in [-0.1, -0.05) is 25.1 Å². The van der Waals surface area contributed by atoms with Gasteiger partial charge in [-0.15, -0.1) is 0 Å². The minimum atomic E-state index is 0.409. The van der Waals surface area contributed by atoms with Crippen LogP contribution in [0.25, 0.3) is 0 Å². The van der Waals surface area contributed by atoms with Gasteiger partial charge in [0.15, 0.2) is 0 Å². The molecule has 0 unspecified atom stereocenters. The second kappa shape index (κ2) is 5.46. The molecule has 0 saturated carbocycles. The fourth-order valence-electron chi connectivity index (χ4n) is 2.18. The van der Waals surface area contributed by atoms with Crippen LogP contribution >= 0.6 is 0 Å². The molecule has 0 spiro atoms. The maximum atomic E-state index is 5.87. The summed E-state index contributed by atoms with van der Waals surface area (Å²) in [5.41, 5.74) is 4.12. The van der Waals surface area contributed by atoms with Crippen molar-refractivity contribution in [2.45, 2.75) is 39.4 Å². The maximum Gasteiger partial charge on any atom is 0.0721 e. The molecule has 1 atom stereocenters. The Labute approximate surface area is 98.0 Å². The van der Waals surface area contributed by atoms with E-state index in [1.165, 1.54) is 16.7 Å². The molecule has 0 aromatic heterocycles. The topological polar surface area (TPSA) is 21.3 Å². The molecule has 1 N–H and O–H groups in total. The number of benzene rings is 1. The van der Waals surface area contributed by atoms with Crippen LogP contribution in [0, 0.1) is 6.92 Å². The molecular weight excluding hydrogens is 198 g/mol. The molecule has 1 heterocycles. The Balaban J connectivity index is 1.93. The van der Waals surface area contributed by atoms with Crippen molar-refractivity contribution in [1.29, 1.82) is 0 Å².